The Morgan fingerprint density at radius 1 is 1.31 bits per heavy atom. The number of ether oxygens (including phenoxy) is 1. The summed E-state index contributed by atoms with van der Waals surface area (Å²) in [5.74, 6) is 1.34. The van der Waals surface area contributed by atoms with Gasteiger partial charge in [-0.15, -0.1) is 24.0 Å². The van der Waals surface area contributed by atoms with E-state index >= 15 is 0 Å². The first-order valence-corrected chi connectivity index (χ1v) is 9.29. The van der Waals surface area contributed by atoms with Crippen LogP contribution in [0.3, 0.4) is 0 Å². The van der Waals surface area contributed by atoms with E-state index in [2.05, 4.69) is 48.4 Å². The summed E-state index contributed by atoms with van der Waals surface area (Å²) >= 11 is 0. The van der Waals surface area contributed by atoms with E-state index < -0.39 is 0 Å². The lowest BCUT2D eigenvalue weighted by atomic mass is 9.78. The Bertz CT molecular complexity index is 606. The quantitative estimate of drug-likeness (QED) is 0.398. The molecule has 1 aliphatic heterocycles. The standard InChI is InChI=1S/C19H35N5O.HI/c1-13-16(14(2)24(7)23-13)12-22-18(20-6)21-11-15-9-8-10-25-17(15)19(3,4)5;/h15,17H,8-12H2,1-7H3,(H2,20,21,22);1H. The van der Waals surface area contributed by atoms with Gasteiger partial charge < -0.3 is 15.4 Å². The molecule has 26 heavy (non-hydrogen) atoms. The molecule has 1 aliphatic rings. The molecular formula is C19H36IN5O. The number of nitrogens with one attached hydrogen (secondary N) is 2. The second-order valence-electron chi connectivity index (χ2n) is 8.14. The SMILES string of the molecule is CN=C(NCc1c(C)nn(C)c1C)NCC1CCCOC1C(C)(C)C.I. The Labute approximate surface area is 175 Å². The summed E-state index contributed by atoms with van der Waals surface area (Å²) < 4.78 is 8.00. The van der Waals surface area contributed by atoms with E-state index in [0.717, 1.165) is 37.8 Å². The molecule has 6 nitrogen and oxygen atoms in total. The number of hydrogen-bond acceptors (Lipinski definition) is 3. The third-order valence-electron chi connectivity index (χ3n) is 5.15. The summed E-state index contributed by atoms with van der Waals surface area (Å²) in [6.45, 7) is 13.4. The molecule has 0 bridgehead atoms. The molecule has 7 heteroatoms. The first kappa shape index (κ1) is 23.2. The zero-order valence-corrected chi connectivity index (χ0v) is 19.7. The minimum Gasteiger partial charge on any atom is -0.377 e. The number of aryl methyl sites for hydroxylation is 2. The number of guanidine groups is 1. The van der Waals surface area contributed by atoms with Crippen molar-refractivity contribution in [3.63, 3.8) is 0 Å². The first-order valence-electron chi connectivity index (χ1n) is 9.29. The van der Waals surface area contributed by atoms with Crippen LogP contribution in [-0.4, -0.2) is 42.0 Å². The van der Waals surface area contributed by atoms with Gasteiger partial charge in [0.1, 0.15) is 0 Å². The number of aromatic nitrogens is 2. The van der Waals surface area contributed by atoms with Gasteiger partial charge in [-0.3, -0.25) is 9.67 Å². The Hall–Kier alpha value is -0.830. The van der Waals surface area contributed by atoms with Crippen LogP contribution in [0.5, 0.6) is 0 Å². The predicted molar refractivity (Wildman–Crippen MR) is 118 cm³/mol. The van der Waals surface area contributed by atoms with E-state index in [-0.39, 0.29) is 35.5 Å². The van der Waals surface area contributed by atoms with Gasteiger partial charge in [0.05, 0.1) is 11.8 Å². The second kappa shape index (κ2) is 9.92. The van der Waals surface area contributed by atoms with Crippen molar-refractivity contribution in [1.82, 2.24) is 20.4 Å². The van der Waals surface area contributed by atoms with Gasteiger partial charge >= 0.3 is 0 Å². The average molecular weight is 477 g/mol. The number of nitrogens with zero attached hydrogens (tertiary/aromatic N) is 3. The van der Waals surface area contributed by atoms with Crippen molar-refractivity contribution in [2.45, 2.75) is 60.1 Å². The van der Waals surface area contributed by atoms with E-state index in [1.165, 1.54) is 17.7 Å². The molecule has 0 radical (unpaired) electrons. The molecule has 2 unspecified atom stereocenters. The molecule has 1 fully saturated rings. The van der Waals surface area contributed by atoms with E-state index in [1.54, 1.807) is 0 Å². The summed E-state index contributed by atoms with van der Waals surface area (Å²) in [4.78, 5) is 4.37. The average Bonchev–Trinajstić information content (AvgIpc) is 2.80. The lowest BCUT2D eigenvalue weighted by Gasteiger charge is -2.40. The monoisotopic (exact) mass is 477 g/mol. The number of aliphatic imine (C=N–C) groups is 1. The second-order valence-corrected chi connectivity index (χ2v) is 8.14. The van der Waals surface area contributed by atoms with Gasteiger partial charge in [0.2, 0.25) is 0 Å². The summed E-state index contributed by atoms with van der Waals surface area (Å²) in [7, 11) is 3.80. The van der Waals surface area contributed by atoms with Gasteiger partial charge in [-0.25, -0.2) is 0 Å². The Balaban J connectivity index is 0.00000338. The fourth-order valence-electron chi connectivity index (χ4n) is 3.70. The summed E-state index contributed by atoms with van der Waals surface area (Å²) in [6.07, 6.45) is 2.63. The highest BCUT2D eigenvalue weighted by Gasteiger charge is 2.35. The topological polar surface area (TPSA) is 63.5 Å². The van der Waals surface area contributed by atoms with Crippen molar-refractivity contribution in [3.8, 4) is 0 Å². The van der Waals surface area contributed by atoms with Crippen molar-refractivity contribution in [2.24, 2.45) is 23.4 Å². The minimum atomic E-state index is 0. The zero-order valence-electron chi connectivity index (χ0n) is 17.3. The van der Waals surface area contributed by atoms with E-state index in [0.29, 0.717) is 5.92 Å². The summed E-state index contributed by atoms with van der Waals surface area (Å²) in [6, 6.07) is 0. The molecule has 2 atom stereocenters. The molecule has 2 rings (SSSR count). The smallest absolute Gasteiger partial charge is 0.191 e. The molecule has 0 aliphatic carbocycles. The zero-order chi connectivity index (χ0) is 18.6. The predicted octanol–water partition coefficient (Wildman–Crippen LogP) is 3.16. The van der Waals surface area contributed by atoms with Gasteiger partial charge in [0, 0.05) is 51.0 Å². The van der Waals surface area contributed by atoms with Crippen LogP contribution in [0.25, 0.3) is 0 Å². The van der Waals surface area contributed by atoms with Gasteiger partial charge in [-0.1, -0.05) is 20.8 Å². The van der Waals surface area contributed by atoms with Crippen LogP contribution in [-0.2, 0) is 18.3 Å². The van der Waals surface area contributed by atoms with Crippen LogP contribution in [0.1, 0.15) is 50.6 Å². The molecule has 1 aromatic heterocycles. The van der Waals surface area contributed by atoms with Gasteiger partial charge in [0.25, 0.3) is 0 Å². The number of hydrogen-bond donors (Lipinski definition) is 2. The maximum absolute atomic E-state index is 6.07. The molecule has 0 amide bonds. The van der Waals surface area contributed by atoms with Crippen LogP contribution < -0.4 is 10.6 Å². The van der Waals surface area contributed by atoms with Gasteiger partial charge in [-0.2, -0.15) is 5.10 Å². The highest BCUT2D eigenvalue weighted by molar-refractivity contribution is 14.0. The highest BCUT2D eigenvalue weighted by Crippen LogP contribution is 2.33. The van der Waals surface area contributed by atoms with Crippen molar-refractivity contribution in [2.75, 3.05) is 20.2 Å². The van der Waals surface area contributed by atoms with Gasteiger partial charge in [-0.05, 0) is 32.1 Å². The van der Waals surface area contributed by atoms with Crippen LogP contribution in [0.15, 0.2) is 4.99 Å². The van der Waals surface area contributed by atoms with E-state index in [9.17, 15) is 0 Å². The fraction of sp³-hybridized carbons (Fsp3) is 0.789. The van der Waals surface area contributed by atoms with Crippen molar-refractivity contribution in [3.05, 3.63) is 17.0 Å². The molecule has 2 N–H and O–H groups in total. The Kier molecular flexibility index (Phi) is 8.85. The third kappa shape index (κ3) is 5.84. The van der Waals surface area contributed by atoms with Crippen LogP contribution in [0, 0.1) is 25.2 Å². The molecular weight excluding hydrogens is 441 g/mol. The highest BCUT2D eigenvalue weighted by atomic mass is 127. The minimum absolute atomic E-state index is 0. The maximum Gasteiger partial charge on any atom is 0.191 e. The third-order valence-corrected chi connectivity index (χ3v) is 5.15. The van der Waals surface area contributed by atoms with E-state index in [1.807, 2.05) is 25.7 Å². The molecule has 0 aromatic carbocycles. The molecule has 1 aromatic rings. The lowest BCUT2D eigenvalue weighted by molar-refractivity contribution is -0.0835. The summed E-state index contributed by atoms with van der Waals surface area (Å²) in [5, 5.41) is 11.4. The Morgan fingerprint density at radius 3 is 2.54 bits per heavy atom. The first-order chi connectivity index (χ1) is 11.7. The number of rotatable bonds is 4. The largest absolute Gasteiger partial charge is 0.377 e. The summed E-state index contributed by atoms with van der Waals surface area (Å²) in [5.41, 5.74) is 3.65. The molecule has 0 saturated carbocycles. The van der Waals surface area contributed by atoms with Crippen LogP contribution in [0.4, 0.5) is 0 Å². The normalized spacial score (nSPS) is 21.3. The molecule has 0 spiro atoms. The molecule has 1 saturated heterocycles. The van der Waals surface area contributed by atoms with Crippen molar-refractivity contribution < 1.29 is 4.74 Å². The van der Waals surface area contributed by atoms with Crippen molar-refractivity contribution in [1.29, 1.82) is 0 Å². The van der Waals surface area contributed by atoms with Gasteiger partial charge in [0.15, 0.2) is 5.96 Å². The maximum atomic E-state index is 6.07. The fourth-order valence-corrected chi connectivity index (χ4v) is 3.70. The van der Waals surface area contributed by atoms with Crippen LogP contribution in [0.2, 0.25) is 0 Å². The lowest BCUT2D eigenvalue weighted by Crippen LogP contribution is -2.47. The molecule has 2 heterocycles. The Morgan fingerprint density at radius 2 is 2.00 bits per heavy atom. The van der Waals surface area contributed by atoms with Crippen molar-refractivity contribution >= 4 is 29.9 Å². The number of halogens is 1. The van der Waals surface area contributed by atoms with E-state index in [4.69, 9.17) is 4.74 Å². The van der Waals surface area contributed by atoms with Crippen LogP contribution >= 0.6 is 24.0 Å². The molecule has 150 valence electrons.